The van der Waals surface area contributed by atoms with Crippen molar-refractivity contribution in [3.63, 3.8) is 0 Å². The Morgan fingerprint density at radius 2 is 1.00 bits per heavy atom. The van der Waals surface area contributed by atoms with Crippen LogP contribution in [0.3, 0.4) is 0 Å². The number of hydrogen-bond acceptors (Lipinski definition) is 10. The quantitative estimate of drug-likeness (QED) is 0.102. The van der Waals surface area contributed by atoms with Crippen LogP contribution in [0, 0.1) is 41.5 Å². The molecule has 0 fully saturated rings. The average molecular weight is 1250 g/mol. The van der Waals surface area contributed by atoms with Gasteiger partial charge in [0.2, 0.25) is 5.71 Å². The van der Waals surface area contributed by atoms with Crippen molar-refractivity contribution in [2.45, 2.75) is 180 Å². The molecule has 14 rings (SSSR count). The van der Waals surface area contributed by atoms with Crippen LogP contribution in [0.5, 0.6) is 0 Å². The summed E-state index contributed by atoms with van der Waals surface area (Å²) in [5, 5.41) is 0.761. The van der Waals surface area contributed by atoms with E-state index in [9.17, 15) is 4.79 Å². The highest BCUT2D eigenvalue weighted by molar-refractivity contribution is 5.81. The maximum Gasteiger partial charge on any atom is 0.246 e. The van der Waals surface area contributed by atoms with E-state index < -0.39 is 0 Å². The summed E-state index contributed by atoms with van der Waals surface area (Å²) < 4.78 is 7.57. The van der Waals surface area contributed by atoms with Gasteiger partial charge in [-0.15, -0.1) is 0 Å². The Balaban J connectivity index is 0.000000139. The van der Waals surface area contributed by atoms with E-state index in [0.717, 1.165) is 112 Å². The predicted molar refractivity (Wildman–Crippen MR) is 386 cm³/mol. The van der Waals surface area contributed by atoms with Gasteiger partial charge >= 0.3 is 0 Å². The number of pyridine rings is 3. The molecular weight excluding hydrogens is 1150 g/mol. The van der Waals surface area contributed by atoms with Crippen LogP contribution in [0.4, 0.5) is 0 Å². The zero-order chi connectivity index (χ0) is 67.5. The molecule has 0 aliphatic rings. The fourth-order valence-electron chi connectivity index (χ4n) is 10.1. The van der Waals surface area contributed by atoms with Gasteiger partial charge in [0.25, 0.3) is 0 Å². The second kappa shape index (κ2) is 30.7. The Morgan fingerprint density at radius 1 is 0.419 bits per heavy atom. The third kappa shape index (κ3) is 17.5. The van der Waals surface area contributed by atoms with Crippen LogP contribution < -0.4 is 5.43 Å². The van der Waals surface area contributed by atoms with E-state index in [2.05, 4.69) is 255 Å². The van der Waals surface area contributed by atoms with Crippen LogP contribution in [0.1, 0.15) is 212 Å². The molecule has 0 spiro atoms. The fourth-order valence-corrected chi connectivity index (χ4v) is 10.1. The van der Waals surface area contributed by atoms with E-state index in [4.69, 9.17) is 4.42 Å². The first-order valence-electron chi connectivity index (χ1n) is 32.6. The molecule has 5 N–H and O–H groups in total. The number of aromatic nitrogens is 14. The maximum absolute atomic E-state index is 11.7. The Labute approximate surface area is 547 Å². The van der Waals surface area contributed by atoms with Gasteiger partial charge in [-0.25, -0.2) is 39.9 Å². The molecule has 0 aliphatic heterocycles. The number of nitrogens with zero attached hydrogens (tertiary/aromatic N) is 9. The maximum atomic E-state index is 11.7. The molecule has 0 radical (unpaired) electrons. The Kier molecular flexibility index (Phi) is 22.9. The third-order valence-corrected chi connectivity index (χ3v) is 16.0. The molecule has 16 heteroatoms. The van der Waals surface area contributed by atoms with Crippen LogP contribution >= 0.6 is 0 Å². The van der Waals surface area contributed by atoms with Gasteiger partial charge in [0.15, 0.2) is 17.0 Å². The second-order valence-corrected chi connectivity index (χ2v) is 26.4. The van der Waals surface area contributed by atoms with Crippen molar-refractivity contribution in [2.75, 3.05) is 0 Å². The standard InChI is InChI=1S/2C12H16N2.C12H13NO.2C11H14N2.C10H13N3.C9H10N2O/c1-7(2)12-13-10-5-8(3)9(4)6-11(10)14-12;1-7(2)12-13-10-6-5-8(3)9(4)11(10)14-12;1-8(2)11-7-12(14)9-5-3-4-6-10(9)13-11;1-7(2)11-12-9-5-4-8(3)6-10(9)13-11;1-8(2)11-12-9-6-4-5-7-10(9)13(11)3;1-6(2)9-12-8-4-7(3)5-11-10(8)13-9;1-6(2)8-11-7-4-3-5-10-9(7)12-8/h2*5-7H,1-4H3,(H,13,14);3-8H,1-2H3,(H,13,14);4-7H,1-3H3,(H,12,13);4-8H,1-3H3;4-6H,1-3H3,(H,11,12,13);3-6H,1-2H3. The summed E-state index contributed by atoms with van der Waals surface area (Å²) in [5.41, 5.74) is 22.0. The largest absolute Gasteiger partial charge is 0.422 e. The molecule has 0 saturated carbocycles. The first kappa shape index (κ1) is 69.3. The van der Waals surface area contributed by atoms with Gasteiger partial charge in [0.05, 0.1) is 49.7 Å². The molecule has 93 heavy (non-hydrogen) atoms. The number of H-pyrrole nitrogens is 5. The molecule has 0 bridgehead atoms. The van der Waals surface area contributed by atoms with Gasteiger partial charge < -0.3 is 33.9 Å². The predicted octanol–water partition coefficient (Wildman–Crippen LogP) is 19.7. The number of benzene rings is 5. The summed E-state index contributed by atoms with van der Waals surface area (Å²) in [5.74, 6) is 9.11. The van der Waals surface area contributed by atoms with Crippen LogP contribution in [0.2, 0.25) is 0 Å². The second-order valence-electron chi connectivity index (χ2n) is 26.4. The van der Waals surface area contributed by atoms with E-state index >= 15 is 0 Å². The Bertz CT molecular complexity index is 4670. The van der Waals surface area contributed by atoms with Gasteiger partial charge in [-0.3, -0.25) is 4.79 Å². The molecule has 0 amide bonds. The van der Waals surface area contributed by atoms with Crippen molar-refractivity contribution in [3.8, 4) is 0 Å². The minimum Gasteiger partial charge on any atom is -0.422 e. The van der Waals surface area contributed by atoms with Crippen molar-refractivity contribution in [2.24, 2.45) is 7.05 Å². The lowest BCUT2D eigenvalue weighted by Gasteiger charge is -2.06. The molecule has 0 atom stereocenters. The number of imidazole rings is 5. The number of aryl methyl sites for hydroxylation is 7. The smallest absolute Gasteiger partial charge is 0.246 e. The molecule has 486 valence electrons. The number of oxazole rings is 1. The highest BCUT2D eigenvalue weighted by Gasteiger charge is 2.14. The lowest BCUT2D eigenvalue weighted by molar-refractivity contribution is 0.494. The molecule has 0 unspecified atom stereocenters. The van der Waals surface area contributed by atoms with Crippen LogP contribution in [0.15, 0.2) is 137 Å². The Morgan fingerprint density at radius 3 is 1.65 bits per heavy atom. The summed E-state index contributed by atoms with van der Waals surface area (Å²) in [7, 11) is 2.07. The monoisotopic (exact) mass is 1250 g/mol. The average Bonchev–Trinajstić information content (AvgIpc) is 1.83. The normalized spacial score (nSPS) is 11.4. The molecule has 16 nitrogen and oxygen atoms in total. The van der Waals surface area contributed by atoms with Crippen molar-refractivity contribution in [1.29, 1.82) is 0 Å². The van der Waals surface area contributed by atoms with Crippen molar-refractivity contribution < 1.29 is 4.42 Å². The molecule has 0 aliphatic carbocycles. The first-order chi connectivity index (χ1) is 44.1. The topological polar surface area (TPSA) is 217 Å². The summed E-state index contributed by atoms with van der Waals surface area (Å²) in [6.45, 7) is 42.3. The van der Waals surface area contributed by atoms with Gasteiger partial charge in [-0.05, 0) is 154 Å². The van der Waals surface area contributed by atoms with E-state index in [1.54, 1.807) is 12.3 Å². The third-order valence-electron chi connectivity index (χ3n) is 16.0. The lowest BCUT2D eigenvalue weighted by Crippen LogP contribution is -2.05. The van der Waals surface area contributed by atoms with Crippen molar-refractivity contribution in [3.05, 3.63) is 212 Å². The van der Waals surface area contributed by atoms with Gasteiger partial charge in [0, 0.05) is 77.6 Å². The summed E-state index contributed by atoms with van der Waals surface area (Å²) in [6, 6.07) is 38.2. The highest BCUT2D eigenvalue weighted by Crippen LogP contribution is 2.25. The van der Waals surface area contributed by atoms with Gasteiger partial charge in [-0.2, -0.15) is 0 Å². The van der Waals surface area contributed by atoms with E-state index in [0.29, 0.717) is 47.1 Å². The molecule has 14 aromatic rings. The number of nitrogens with one attached hydrogen (secondary N) is 5. The highest BCUT2D eigenvalue weighted by atomic mass is 16.4. The number of hydrogen-bond donors (Lipinski definition) is 5. The number of rotatable bonds is 7. The zero-order valence-electron chi connectivity index (χ0n) is 58.5. The Hall–Kier alpha value is -9.57. The van der Waals surface area contributed by atoms with E-state index in [1.165, 1.54) is 33.3 Å². The van der Waals surface area contributed by atoms with Crippen LogP contribution in [-0.4, -0.2) is 69.4 Å². The van der Waals surface area contributed by atoms with Crippen LogP contribution in [-0.2, 0) is 7.05 Å². The van der Waals surface area contributed by atoms with Crippen LogP contribution in [0.25, 0.3) is 77.4 Å². The fraction of sp³-hybridized carbons (Fsp3) is 0.364. The molecule has 5 aromatic carbocycles. The number of aromatic amines is 5. The zero-order valence-corrected chi connectivity index (χ0v) is 58.5. The summed E-state index contributed by atoms with van der Waals surface area (Å²) in [4.78, 5) is 63.5. The minimum atomic E-state index is 0.100. The minimum absolute atomic E-state index is 0.100. The lowest BCUT2D eigenvalue weighted by atomic mass is 10.1. The van der Waals surface area contributed by atoms with Gasteiger partial charge in [-0.1, -0.05) is 133 Å². The molecule has 0 saturated heterocycles. The van der Waals surface area contributed by atoms with Crippen molar-refractivity contribution >= 4 is 77.4 Å². The number of fused-ring (bicyclic) bond motifs is 7. The summed E-state index contributed by atoms with van der Waals surface area (Å²) >= 11 is 0. The van der Waals surface area contributed by atoms with Gasteiger partial charge in [0.1, 0.15) is 34.6 Å². The SMILES string of the molecule is CC(C)c1cc(=O)c2ccccc2[nH]1.CC(C)c1nc2ccccc2n1C.CC(C)c1nc2cccnc2o1.Cc1cc2nc(C(C)C)[nH]c2cc1C.Cc1ccc2[nH]c(C(C)C)nc2c1C.Cc1ccc2nc(C(C)C)[nH]c2c1.Cc1cnc2nc(C(C)C)[nH]c2c1. The first-order valence-corrected chi connectivity index (χ1v) is 32.6. The molecule has 9 heterocycles. The van der Waals surface area contributed by atoms with E-state index in [1.807, 2.05) is 75.5 Å². The molecular formula is C77H96N14O2. The molecule has 9 aromatic heterocycles. The number of para-hydroxylation sites is 3. The van der Waals surface area contributed by atoms with Crippen molar-refractivity contribution in [1.82, 2.24) is 69.4 Å². The van der Waals surface area contributed by atoms with E-state index in [-0.39, 0.29) is 5.43 Å². The summed E-state index contributed by atoms with van der Waals surface area (Å²) in [6.07, 6.45) is 3.55.